The molecule has 0 saturated carbocycles. The minimum absolute atomic E-state index is 0.0696. The average molecular weight is 612 g/mol. The molecular weight excluding hydrogens is 574 g/mol. The number of likely N-dealkylation sites (tertiary alicyclic amines) is 1. The average Bonchev–Trinajstić information content (AvgIpc) is 3.48. The highest BCUT2D eigenvalue weighted by atomic mass is 35.5. The van der Waals surface area contributed by atoms with Crippen LogP contribution in [0.25, 0.3) is 0 Å². The van der Waals surface area contributed by atoms with E-state index in [0.29, 0.717) is 40.8 Å². The third-order valence-corrected chi connectivity index (χ3v) is 8.66. The van der Waals surface area contributed by atoms with Gasteiger partial charge in [0.15, 0.2) is 0 Å². The van der Waals surface area contributed by atoms with Gasteiger partial charge in [0, 0.05) is 44.0 Å². The first kappa shape index (κ1) is 31.5. The normalized spacial score (nSPS) is 14.7. The van der Waals surface area contributed by atoms with Crippen LogP contribution in [-0.4, -0.2) is 71.5 Å². The smallest absolute Gasteiger partial charge is 0.337 e. The number of aryl methyl sites for hydroxylation is 2. The second kappa shape index (κ2) is 14.6. The van der Waals surface area contributed by atoms with Crippen LogP contribution >= 0.6 is 22.9 Å². The summed E-state index contributed by atoms with van der Waals surface area (Å²) in [4.78, 5) is 46.8. The number of urea groups is 1. The second-order valence-corrected chi connectivity index (χ2v) is 11.8. The minimum atomic E-state index is -0.450. The Balaban J connectivity index is 1.32. The lowest BCUT2D eigenvalue weighted by Crippen LogP contribution is -2.50. The number of methoxy groups -OCH3 is 1. The first-order valence-electron chi connectivity index (χ1n) is 14.1. The fraction of sp³-hybridized carbons (Fsp3) is 0.419. The summed E-state index contributed by atoms with van der Waals surface area (Å²) in [5.74, 6) is -0.582. The zero-order valence-corrected chi connectivity index (χ0v) is 26.1. The number of hydrogen-bond donors (Lipinski definition) is 2. The van der Waals surface area contributed by atoms with Crippen LogP contribution in [0.4, 0.5) is 10.5 Å². The number of rotatable bonds is 10. The third-order valence-electron chi connectivity index (χ3n) is 7.73. The molecule has 0 unspecified atom stereocenters. The van der Waals surface area contributed by atoms with Crippen LogP contribution in [0.5, 0.6) is 0 Å². The number of pyridine rings is 1. The second-order valence-electron chi connectivity index (χ2n) is 10.6. The zero-order chi connectivity index (χ0) is 30.2. The Morgan fingerprint density at radius 3 is 2.62 bits per heavy atom. The molecule has 1 aliphatic rings. The van der Waals surface area contributed by atoms with Crippen LogP contribution in [0, 0.1) is 13.8 Å². The number of carbonyl (C=O) groups is 3. The maximum absolute atomic E-state index is 13.5. The predicted octanol–water partition coefficient (Wildman–Crippen LogP) is 5.91. The van der Waals surface area contributed by atoms with Crippen molar-refractivity contribution in [2.75, 3.05) is 32.1 Å². The Morgan fingerprint density at radius 1 is 1.19 bits per heavy atom. The highest BCUT2D eigenvalue weighted by molar-refractivity contribution is 7.07. The predicted molar refractivity (Wildman–Crippen MR) is 166 cm³/mol. The molecule has 3 amide bonds. The fourth-order valence-electron chi connectivity index (χ4n) is 5.41. The molecule has 0 bridgehead atoms. The molecule has 4 rings (SSSR count). The van der Waals surface area contributed by atoms with Crippen molar-refractivity contribution < 1.29 is 19.1 Å². The third kappa shape index (κ3) is 8.08. The summed E-state index contributed by atoms with van der Waals surface area (Å²) >= 11 is 7.62. The number of thiophene rings is 1. The van der Waals surface area contributed by atoms with E-state index in [4.69, 9.17) is 16.3 Å². The van der Waals surface area contributed by atoms with E-state index in [1.165, 1.54) is 7.11 Å². The maximum atomic E-state index is 13.5. The van der Waals surface area contributed by atoms with Crippen molar-refractivity contribution >= 4 is 46.5 Å². The van der Waals surface area contributed by atoms with Gasteiger partial charge in [-0.2, -0.15) is 11.3 Å². The zero-order valence-electron chi connectivity index (χ0n) is 24.5. The van der Waals surface area contributed by atoms with Gasteiger partial charge in [-0.1, -0.05) is 17.7 Å². The molecule has 9 nitrogen and oxygen atoms in total. The molecular formula is C31H38ClN5O4S. The molecule has 0 spiro atoms. The SMILES string of the molecule is COC(=O)c1cccc(NC(=O)N(Cc2ccsc2)C2CCN([C@H](C)CCNC(=O)c3c(C)cc(Cl)nc3C)CC2)c1. The molecule has 2 N–H and O–H groups in total. The standard InChI is InChI=1S/C31H38ClN5O4S/c1-20-16-27(32)34-22(3)28(20)29(38)33-12-8-21(2)36-13-9-26(10-14-36)37(18-23-11-15-42-19-23)31(40)35-25-7-5-6-24(17-25)30(39)41-4/h5-7,11,15-17,19,21,26H,8-10,12-14,18H2,1-4H3,(H,33,38)(H,35,40)/t21-/m1/s1. The number of nitrogens with zero attached hydrogens (tertiary/aromatic N) is 3. The van der Waals surface area contributed by atoms with E-state index < -0.39 is 5.97 Å². The Bertz CT molecular complexity index is 1370. The summed E-state index contributed by atoms with van der Waals surface area (Å²) < 4.78 is 4.81. The van der Waals surface area contributed by atoms with Gasteiger partial charge in [0.25, 0.3) is 5.91 Å². The molecule has 0 aliphatic carbocycles. The minimum Gasteiger partial charge on any atom is -0.465 e. The van der Waals surface area contributed by atoms with Crippen molar-refractivity contribution in [3.05, 3.63) is 80.3 Å². The number of nitrogens with one attached hydrogen (secondary N) is 2. The number of ether oxygens (including phenoxy) is 1. The lowest BCUT2D eigenvalue weighted by atomic mass is 10.0. The Kier molecular flexibility index (Phi) is 11.0. The maximum Gasteiger partial charge on any atom is 0.337 e. The van der Waals surface area contributed by atoms with E-state index in [-0.39, 0.29) is 24.0 Å². The summed E-state index contributed by atoms with van der Waals surface area (Å²) in [6.45, 7) is 8.60. The van der Waals surface area contributed by atoms with Crippen LogP contribution in [0.15, 0.2) is 47.2 Å². The number of anilines is 1. The van der Waals surface area contributed by atoms with Gasteiger partial charge < -0.3 is 25.2 Å². The number of carbonyl (C=O) groups excluding carboxylic acids is 3. The van der Waals surface area contributed by atoms with E-state index in [2.05, 4.69) is 32.8 Å². The Hall–Kier alpha value is -3.47. The van der Waals surface area contributed by atoms with Crippen molar-refractivity contribution in [2.24, 2.45) is 0 Å². The lowest BCUT2D eigenvalue weighted by molar-refractivity contribution is 0.0600. The van der Waals surface area contributed by atoms with E-state index >= 15 is 0 Å². The monoisotopic (exact) mass is 611 g/mol. The molecule has 42 heavy (non-hydrogen) atoms. The number of amides is 3. The summed E-state index contributed by atoms with van der Waals surface area (Å²) in [7, 11) is 1.33. The topological polar surface area (TPSA) is 104 Å². The van der Waals surface area contributed by atoms with Gasteiger partial charge in [-0.05, 0) is 92.3 Å². The number of hydrogen-bond acceptors (Lipinski definition) is 7. The van der Waals surface area contributed by atoms with Crippen molar-refractivity contribution in [3.63, 3.8) is 0 Å². The van der Waals surface area contributed by atoms with Crippen LogP contribution in [0.1, 0.15) is 63.7 Å². The van der Waals surface area contributed by atoms with Gasteiger partial charge in [0.2, 0.25) is 0 Å². The highest BCUT2D eigenvalue weighted by Crippen LogP contribution is 2.24. The largest absolute Gasteiger partial charge is 0.465 e. The van der Waals surface area contributed by atoms with E-state index in [1.807, 2.05) is 23.3 Å². The number of benzene rings is 1. The van der Waals surface area contributed by atoms with Gasteiger partial charge in [0.05, 0.1) is 23.9 Å². The first-order chi connectivity index (χ1) is 20.2. The lowest BCUT2D eigenvalue weighted by Gasteiger charge is -2.40. The van der Waals surface area contributed by atoms with Crippen LogP contribution in [0.3, 0.4) is 0 Å². The summed E-state index contributed by atoms with van der Waals surface area (Å²) in [5, 5.41) is 10.5. The summed E-state index contributed by atoms with van der Waals surface area (Å²) in [5.41, 5.74) is 4.03. The van der Waals surface area contributed by atoms with Crippen LogP contribution < -0.4 is 10.6 Å². The number of esters is 1. The molecule has 0 radical (unpaired) electrons. The number of halogens is 1. The summed E-state index contributed by atoms with van der Waals surface area (Å²) in [6, 6.07) is 10.7. The number of piperidine rings is 1. The van der Waals surface area contributed by atoms with Gasteiger partial charge in [-0.15, -0.1) is 0 Å². The van der Waals surface area contributed by atoms with E-state index in [0.717, 1.165) is 43.5 Å². The van der Waals surface area contributed by atoms with Crippen molar-refractivity contribution in [2.45, 2.75) is 58.7 Å². The highest BCUT2D eigenvalue weighted by Gasteiger charge is 2.30. The quantitative estimate of drug-likeness (QED) is 0.218. The van der Waals surface area contributed by atoms with Crippen molar-refractivity contribution in [3.8, 4) is 0 Å². The Morgan fingerprint density at radius 2 is 1.95 bits per heavy atom. The van der Waals surface area contributed by atoms with Crippen LogP contribution in [-0.2, 0) is 11.3 Å². The molecule has 1 saturated heterocycles. The number of aromatic nitrogens is 1. The first-order valence-corrected chi connectivity index (χ1v) is 15.4. The van der Waals surface area contributed by atoms with E-state index in [9.17, 15) is 14.4 Å². The Labute approximate surface area is 256 Å². The van der Waals surface area contributed by atoms with Gasteiger partial charge >= 0.3 is 12.0 Å². The van der Waals surface area contributed by atoms with Crippen LogP contribution in [0.2, 0.25) is 5.15 Å². The fourth-order valence-corrected chi connectivity index (χ4v) is 6.37. The molecule has 1 aliphatic heterocycles. The van der Waals surface area contributed by atoms with Crippen molar-refractivity contribution in [1.29, 1.82) is 0 Å². The molecule has 3 aromatic rings. The van der Waals surface area contributed by atoms with Gasteiger partial charge in [-0.3, -0.25) is 4.79 Å². The molecule has 1 aromatic carbocycles. The molecule has 1 fully saturated rings. The van der Waals surface area contributed by atoms with E-state index in [1.54, 1.807) is 48.6 Å². The molecule has 11 heteroatoms. The molecule has 1 atom stereocenters. The van der Waals surface area contributed by atoms with Gasteiger partial charge in [-0.25, -0.2) is 14.6 Å². The summed E-state index contributed by atoms with van der Waals surface area (Å²) in [6.07, 6.45) is 2.49. The molecule has 2 aromatic heterocycles. The molecule has 224 valence electrons. The van der Waals surface area contributed by atoms with Gasteiger partial charge in [0.1, 0.15) is 5.15 Å². The van der Waals surface area contributed by atoms with Crippen molar-refractivity contribution in [1.82, 2.24) is 20.1 Å². The molecule has 3 heterocycles.